The third-order valence-corrected chi connectivity index (χ3v) is 4.47. The average molecular weight is 452 g/mol. The van der Waals surface area contributed by atoms with Gasteiger partial charge in [-0.3, -0.25) is 19.9 Å². The fourth-order valence-corrected chi connectivity index (χ4v) is 2.93. The molecule has 1 heterocycles. The molecule has 32 heavy (non-hydrogen) atoms. The summed E-state index contributed by atoms with van der Waals surface area (Å²) in [7, 11) is 1.54. The van der Waals surface area contributed by atoms with Gasteiger partial charge in [-0.05, 0) is 54.6 Å². The number of nitrogens with zero attached hydrogens (tertiary/aromatic N) is 2. The van der Waals surface area contributed by atoms with E-state index in [0.29, 0.717) is 27.7 Å². The zero-order chi connectivity index (χ0) is 22.9. The molecule has 0 spiro atoms. The van der Waals surface area contributed by atoms with Gasteiger partial charge in [-0.2, -0.15) is 0 Å². The number of amides is 2. The Hall–Kier alpha value is -3.91. The van der Waals surface area contributed by atoms with E-state index in [2.05, 4.69) is 25.9 Å². The zero-order valence-electron chi connectivity index (χ0n) is 17.6. The summed E-state index contributed by atoms with van der Waals surface area (Å²) in [5, 5.41) is 9.00. The first-order chi connectivity index (χ1) is 15.4. The van der Waals surface area contributed by atoms with Gasteiger partial charge in [0.25, 0.3) is 5.91 Å². The number of hydrogen-bond donors (Lipinski definition) is 3. The molecule has 2 amide bonds. The molecule has 0 aliphatic carbocycles. The number of methoxy groups -OCH3 is 1. The minimum absolute atomic E-state index is 0.189. The summed E-state index contributed by atoms with van der Waals surface area (Å²) in [5.41, 5.74) is 2.27. The van der Waals surface area contributed by atoms with Crippen molar-refractivity contribution in [3.05, 3.63) is 83.1 Å². The molecule has 0 saturated carbocycles. The Labute approximate surface area is 190 Å². The van der Waals surface area contributed by atoms with E-state index < -0.39 is 0 Å². The maximum absolute atomic E-state index is 12.8. The van der Waals surface area contributed by atoms with Gasteiger partial charge < -0.3 is 15.4 Å². The van der Waals surface area contributed by atoms with Crippen LogP contribution in [0, 0.1) is 0 Å². The summed E-state index contributed by atoms with van der Waals surface area (Å²) >= 11 is 6.12. The van der Waals surface area contributed by atoms with Crippen molar-refractivity contribution in [2.75, 3.05) is 17.7 Å². The molecule has 0 saturated heterocycles. The van der Waals surface area contributed by atoms with Crippen LogP contribution in [0.15, 0.2) is 71.9 Å². The Morgan fingerprint density at radius 2 is 1.84 bits per heavy atom. The maximum atomic E-state index is 12.8. The molecular weight excluding hydrogens is 430 g/mol. The van der Waals surface area contributed by atoms with E-state index in [1.54, 1.807) is 48.7 Å². The van der Waals surface area contributed by atoms with Crippen molar-refractivity contribution < 1.29 is 14.3 Å². The standard InChI is InChI=1S/C23H22ClN5O3/c1-15(30)27-18-9-6-16(7-10-18)22(31)29-23(26-14-19-5-3-4-12-25-19)28-20-13-17(24)8-11-21(20)32-2/h3-13H,14H2,1-2H3,(H,27,30)(H2,26,28,29,31). The first kappa shape index (κ1) is 22.8. The molecule has 0 fully saturated rings. The second-order valence-electron chi connectivity index (χ2n) is 6.67. The number of carbonyl (C=O) groups is 2. The van der Waals surface area contributed by atoms with Gasteiger partial charge in [0, 0.05) is 29.4 Å². The van der Waals surface area contributed by atoms with Crippen LogP contribution in [0.4, 0.5) is 11.4 Å². The van der Waals surface area contributed by atoms with Crippen molar-refractivity contribution in [2.24, 2.45) is 4.99 Å². The lowest BCUT2D eigenvalue weighted by Crippen LogP contribution is -2.36. The number of rotatable bonds is 6. The number of carbonyl (C=O) groups excluding carboxylic acids is 2. The predicted octanol–water partition coefficient (Wildman–Crippen LogP) is 4.10. The van der Waals surface area contributed by atoms with Gasteiger partial charge in [0.2, 0.25) is 11.9 Å². The molecule has 8 nitrogen and oxygen atoms in total. The fraction of sp³-hybridized carbons (Fsp3) is 0.130. The van der Waals surface area contributed by atoms with Gasteiger partial charge in [-0.15, -0.1) is 0 Å². The first-order valence-corrected chi connectivity index (χ1v) is 10.1. The molecule has 0 radical (unpaired) electrons. The number of guanidine groups is 1. The lowest BCUT2D eigenvalue weighted by Gasteiger charge is -2.15. The number of benzene rings is 2. The lowest BCUT2D eigenvalue weighted by molar-refractivity contribution is -0.114. The van der Waals surface area contributed by atoms with E-state index in [4.69, 9.17) is 16.3 Å². The number of aromatic nitrogens is 1. The summed E-state index contributed by atoms with van der Waals surface area (Å²) < 4.78 is 5.36. The number of halogens is 1. The van der Waals surface area contributed by atoms with E-state index in [1.807, 2.05) is 18.2 Å². The summed E-state index contributed by atoms with van der Waals surface area (Å²) in [4.78, 5) is 32.7. The van der Waals surface area contributed by atoms with Crippen molar-refractivity contribution in [3.8, 4) is 5.75 Å². The highest BCUT2D eigenvalue weighted by Crippen LogP contribution is 2.27. The van der Waals surface area contributed by atoms with Crippen molar-refractivity contribution >= 4 is 40.7 Å². The van der Waals surface area contributed by atoms with E-state index in [9.17, 15) is 9.59 Å². The average Bonchev–Trinajstić information content (AvgIpc) is 2.78. The number of aliphatic imine (C=N–C) groups is 1. The Morgan fingerprint density at radius 1 is 1.06 bits per heavy atom. The van der Waals surface area contributed by atoms with Gasteiger partial charge in [-0.25, -0.2) is 4.99 Å². The minimum Gasteiger partial charge on any atom is -0.495 e. The number of anilines is 2. The van der Waals surface area contributed by atoms with Crippen LogP contribution < -0.4 is 20.7 Å². The van der Waals surface area contributed by atoms with Crippen LogP contribution >= 0.6 is 11.6 Å². The van der Waals surface area contributed by atoms with Crippen LogP contribution in [-0.2, 0) is 11.3 Å². The van der Waals surface area contributed by atoms with Crippen molar-refractivity contribution in [1.82, 2.24) is 10.3 Å². The van der Waals surface area contributed by atoms with Gasteiger partial charge in [0.1, 0.15) is 5.75 Å². The third kappa shape index (κ3) is 6.55. The molecule has 0 unspecified atom stereocenters. The number of ether oxygens (including phenoxy) is 1. The second kappa shape index (κ2) is 10.9. The molecule has 0 aliphatic rings. The van der Waals surface area contributed by atoms with E-state index in [-0.39, 0.29) is 24.3 Å². The van der Waals surface area contributed by atoms with Crippen LogP contribution in [0.2, 0.25) is 5.02 Å². The van der Waals surface area contributed by atoms with Crippen molar-refractivity contribution in [1.29, 1.82) is 0 Å². The van der Waals surface area contributed by atoms with Crippen LogP contribution in [0.1, 0.15) is 23.0 Å². The smallest absolute Gasteiger partial charge is 0.257 e. The summed E-state index contributed by atoms with van der Waals surface area (Å²) in [6.45, 7) is 1.66. The van der Waals surface area contributed by atoms with Gasteiger partial charge >= 0.3 is 0 Å². The lowest BCUT2D eigenvalue weighted by atomic mass is 10.2. The van der Waals surface area contributed by atoms with E-state index in [1.165, 1.54) is 14.0 Å². The van der Waals surface area contributed by atoms with Crippen LogP contribution in [0.5, 0.6) is 5.75 Å². The molecule has 3 rings (SSSR count). The van der Waals surface area contributed by atoms with E-state index in [0.717, 1.165) is 5.69 Å². The molecule has 2 aromatic carbocycles. The minimum atomic E-state index is -0.382. The normalized spacial score (nSPS) is 10.9. The fourth-order valence-electron chi connectivity index (χ4n) is 2.76. The molecule has 0 aliphatic heterocycles. The molecule has 0 atom stereocenters. The highest BCUT2D eigenvalue weighted by Gasteiger charge is 2.12. The molecular formula is C23H22ClN5O3. The van der Waals surface area contributed by atoms with Crippen molar-refractivity contribution in [2.45, 2.75) is 13.5 Å². The summed E-state index contributed by atoms with van der Waals surface area (Å²) in [6, 6.07) is 17.1. The Morgan fingerprint density at radius 3 is 2.50 bits per heavy atom. The number of pyridine rings is 1. The maximum Gasteiger partial charge on any atom is 0.257 e. The van der Waals surface area contributed by atoms with Crippen molar-refractivity contribution in [3.63, 3.8) is 0 Å². The SMILES string of the molecule is COc1ccc(Cl)cc1NC(=NCc1ccccn1)NC(=O)c1ccc(NC(C)=O)cc1. The number of hydrogen-bond acceptors (Lipinski definition) is 5. The highest BCUT2D eigenvalue weighted by atomic mass is 35.5. The Balaban J connectivity index is 1.82. The summed E-state index contributed by atoms with van der Waals surface area (Å²) in [5.74, 6) is 0.166. The Kier molecular flexibility index (Phi) is 7.77. The third-order valence-electron chi connectivity index (χ3n) is 4.24. The summed E-state index contributed by atoms with van der Waals surface area (Å²) in [6.07, 6.45) is 1.67. The predicted molar refractivity (Wildman–Crippen MR) is 125 cm³/mol. The number of nitrogens with one attached hydrogen (secondary N) is 3. The quantitative estimate of drug-likeness (QED) is 0.386. The monoisotopic (exact) mass is 451 g/mol. The Bertz CT molecular complexity index is 1120. The van der Waals surface area contributed by atoms with Crippen LogP contribution in [0.3, 0.4) is 0 Å². The molecule has 0 bridgehead atoms. The molecule has 9 heteroatoms. The first-order valence-electron chi connectivity index (χ1n) is 9.68. The van der Waals surface area contributed by atoms with E-state index >= 15 is 0 Å². The largest absolute Gasteiger partial charge is 0.495 e. The van der Waals surface area contributed by atoms with Gasteiger partial charge in [0.15, 0.2) is 0 Å². The molecule has 3 N–H and O–H groups in total. The molecule has 164 valence electrons. The highest BCUT2D eigenvalue weighted by molar-refractivity contribution is 6.31. The van der Waals surface area contributed by atoms with Crippen LogP contribution in [0.25, 0.3) is 0 Å². The molecule has 1 aromatic heterocycles. The molecule has 3 aromatic rings. The topological polar surface area (TPSA) is 105 Å². The van der Waals surface area contributed by atoms with Gasteiger partial charge in [0.05, 0.1) is 25.0 Å². The van der Waals surface area contributed by atoms with Gasteiger partial charge in [-0.1, -0.05) is 17.7 Å². The zero-order valence-corrected chi connectivity index (χ0v) is 18.3. The second-order valence-corrected chi connectivity index (χ2v) is 7.10. The van der Waals surface area contributed by atoms with Crippen LogP contribution in [-0.4, -0.2) is 29.9 Å².